The molecule has 1 aromatic rings. The largest absolute Gasteiger partial charge is 0.496 e. The topological polar surface area (TPSA) is 24.8 Å². The number of rotatable bonds is 5. The van der Waals surface area contributed by atoms with E-state index in [0.29, 0.717) is 6.67 Å². The van der Waals surface area contributed by atoms with Crippen molar-refractivity contribution in [2.75, 3.05) is 26.6 Å². The quantitative estimate of drug-likeness (QED) is 0.615. The predicted octanol–water partition coefficient (Wildman–Crippen LogP) is 3.38. The minimum absolute atomic E-state index is 0.626. The summed E-state index contributed by atoms with van der Waals surface area (Å²) in [4.78, 5) is 7.45. The van der Waals surface area contributed by atoms with Gasteiger partial charge in [-0.25, -0.2) is 0 Å². The smallest absolute Gasteiger partial charge is 0.123 e. The number of hydrogen-bond acceptors (Lipinski definition) is 4. The van der Waals surface area contributed by atoms with E-state index < -0.39 is 0 Å². The fourth-order valence-electron chi connectivity index (χ4n) is 1.92. The number of allylic oxidation sites excluding steroid dienone is 1. The molecule has 0 amide bonds. The van der Waals surface area contributed by atoms with Crippen LogP contribution in [-0.2, 0) is 6.42 Å². The first kappa shape index (κ1) is 14.3. The maximum absolute atomic E-state index is 6.13. The maximum atomic E-state index is 6.13. The van der Waals surface area contributed by atoms with Crippen LogP contribution in [0.5, 0.6) is 5.75 Å². The van der Waals surface area contributed by atoms with E-state index >= 15 is 0 Å². The van der Waals surface area contributed by atoms with Crippen LogP contribution in [-0.4, -0.2) is 37.7 Å². The van der Waals surface area contributed by atoms with Gasteiger partial charge in [0.25, 0.3) is 0 Å². The van der Waals surface area contributed by atoms with E-state index in [1.165, 1.54) is 10.5 Å². The molecule has 1 heterocycles. The van der Waals surface area contributed by atoms with Gasteiger partial charge in [0.15, 0.2) is 0 Å². The molecule has 0 bridgehead atoms. The second-order valence-electron chi connectivity index (χ2n) is 4.15. The third kappa shape index (κ3) is 3.67. The third-order valence-corrected chi connectivity index (χ3v) is 4.11. The first-order valence-electron chi connectivity index (χ1n) is 6.06. The minimum atomic E-state index is 0.626. The van der Waals surface area contributed by atoms with Crippen molar-refractivity contribution in [3.8, 4) is 5.75 Å². The van der Waals surface area contributed by atoms with Crippen molar-refractivity contribution in [2.45, 2.75) is 11.3 Å². The van der Waals surface area contributed by atoms with E-state index in [1.807, 2.05) is 11.0 Å². The Labute approximate surface area is 123 Å². The summed E-state index contributed by atoms with van der Waals surface area (Å²) in [5, 5.41) is 0.745. The molecule has 5 heteroatoms. The van der Waals surface area contributed by atoms with Gasteiger partial charge in [0, 0.05) is 17.7 Å². The molecule has 0 N–H and O–H groups in total. The Morgan fingerprint density at radius 3 is 3.00 bits per heavy atom. The van der Waals surface area contributed by atoms with Gasteiger partial charge in [-0.2, -0.15) is 0 Å². The molecule has 0 saturated heterocycles. The molecule has 19 heavy (non-hydrogen) atoms. The number of ether oxygens (including phenoxy) is 1. The van der Waals surface area contributed by atoms with Gasteiger partial charge in [0.1, 0.15) is 17.6 Å². The van der Waals surface area contributed by atoms with Crippen LogP contribution in [0.3, 0.4) is 0 Å². The molecule has 1 aromatic carbocycles. The molecule has 0 spiro atoms. The van der Waals surface area contributed by atoms with Crippen LogP contribution < -0.4 is 4.74 Å². The monoisotopic (exact) mass is 296 g/mol. The van der Waals surface area contributed by atoms with Gasteiger partial charge >= 0.3 is 0 Å². The number of thioether (sulfide) groups is 1. The average molecular weight is 297 g/mol. The fraction of sp³-hybridized carbons (Fsp3) is 0.357. The summed E-state index contributed by atoms with van der Waals surface area (Å²) >= 11 is 7.85. The van der Waals surface area contributed by atoms with E-state index in [1.54, 1.807) is 25.1 Å². The van der Waals surface area contributed by atoms with Gasteiger partial charge in [-0.1, -0.05) is 17.7 Å². The molecule has 3 nitrogen and oxygen atoms in total. The maximum Gasteiger partial charge on any atom is 0.123 e. The Kier molecular flexibility index (Phi) is 5.16. The van der Waals surface area contributed by atoms with Crippen LogP contribution in [0.25, 0.3) is 0 Å². The Morgan fingerprint density at radius 1 is 1.47 bits per heavy atom. The van der Waals surface area contributed by atoms with Gasteiger partial charge in [-0.05, 0) is 36.4 Å². The van der Waals surface area contributed by atoms with Crippen LogP contribution in [0, 0.1) is 0 Å². The number of hydrogen-bond donors (Lipinski definition) is 0. The van der Waals surface area contributed by atoms with E-state index in [0.717, 1.165) is 23.9 Å². The molecule has 0 aliphatic carbocycles. The number of methoxy groups -OCH3 is 1. The molecule has 1 aliphatic rings. The third-order valence-electron chi connectivity index (χ3n) is 3.02. The van der Waals surface area contributed by atoms with Crippen LogP contribution in [0.4, 0.5) is 0 Å². The van der Waals surface area contributed by atoms with Gasteiger partial charge in [-0.3, -0.25) is 4.99 Å². The molecular weight excluding hydrogens is 280 g/mol. The van der Waals surface area contributed by atoms with Crippen molar-refractivity contribution in [1.82, 2.24) is 4.90 Å². The van der Waals surface area contributed by atoms with Gasteiger partial charge in [0.05, 0.1) is 7.11 Å². The Bertz CT molecular complexity index is 502. The Morgan fingerprint density at radius 2 is 2.32 bits per heavy atom. The summed E-state index contributed by atoms with van der Waals surface area (Å²) in [5.41, 5.74) is 1.19. The summed E-state index contributed by atoms with van der Waals surface area (Å²) in [6.07, 6.45) is 6.51. The zero-order valence-electron chi connectivity index (χ0n) is 11.1. The highest BCUT2D eigenvalue weighted by atomic mass is 35.5. The lowest BCUT2D eigenvalue weighted by molar-refractivity contribution is 0.370. The van der Waals surface area contributed by atoms with Crippen LogP contribution in [0.15, 0.2) is 39.3 Å². The van der Waals surface area contributed by atoms with Crippen molar-refractivity contribution in [2.24, 2.45) is 4.99 Å². The van der Waals surface area contributed by atoms with Gasteiger partial charge in [-0.15, -0.1) is 11.8 Å². The average Bonchev–Trinajstić information content (AvgIpc) is 2.46. The summed E-state index contributed by atoms with van der Waals surface area (Å²) in [5.74, 6) is 0.937. The van der Waals surface area contributed by atoms with Crippen molar-refractivity contribution in [3.63, 3.8) is 0 Å². The molecule has 102 valence electrons. The molecule has 0 atom stereocenters. The molecule has 0 fully saturated rings. The molecule has 1 aliphatic heterocycles. The first-order valence-corrected chi connectivity index (χ1v) is 7.66. The molecule has 0 unspecified atom stereocenters. The zero-order chi connectivity index (χ0) is 13.7. The van der Waals surface area contributed by atoms with Crippen molar-refractivity contribution in [3.05, 3.63) is 35.0 Å². The molecule has 2 rings (SSSR count). The molecule has 0 saturated carbocycles. The van der Waals surface area contributed by atoms with Crippen molar-refractivity contribution in [1.29, 1.82) is 0 Å². The van der Waals surface area contributed by atoms with E-state index in [9.17, 15) is 0 Å². The highest BCUT2D eigenvalue weighted by molar-refractivity contribution is 7.98. The summed E-state index contributed by atoms with van der Waals surface area (Å²) in [6, 6.07) is 6.32. The zero-order valence-corrected chi connectivity index (χ0v) is 12.7. The van der Waals surface area contributed by atoms with Crippen LogP contribution >= 0.6 is 23.4 Å². The lowest BCUT2D eigenvalue weighted by atomic mass is 10.1. The summed E-state index contributed by atoms with van der Waals surface area (Å²) < 4.78 is 5.45. The highest BCUT2D eigenvalue weighted by Crippen LogP contribution is 2.26. The predicted molar refractivity (Wildman–Crippen MR) is 82.5 cm³/mol. The normalized spacial score (nSPS) is 14.5. The second-order valence-corrected chi connectivity index (χ2v) is 5.42. The highest BCUT2D eigenvalue weighted by Gasteiger charge is 2.11. The van der Waals surface area contributed by atoms with Crippen LogP contribution in [0.2, 0.25) is 0 Å². The Hall–Kier alpha value is -1.13. The molecular formula is C14H17ClN2OS. The number of nitrogens with zero attached hydrogens (tertiary/aromatic N) is 2. The SMILES string of the molecule is COc1cc(SC)ccc1CCN1CN=CC=C1Cl. The van der Waals surface area contributed by atoms with Crippen molar-refractivity contribution >= 4 is 29.6 Å². The van der Waals surface area contributed by atoms with Crippen LogP contribution in [0.1, 0.15) is 5.56 Å². The molecule has 0 aromatic heterocycles. The Balaban J connectivity index is 2.03. The minimum Gasteiger partial charge on any atom is -0.496 e. The fourth-order valence-corrected chi connectivity index (χ4v) is 2.55. The van der Waals surface area contributed by atoms with Crippen molar-refractivity contribution < 1.29 is 4.74 Å². The summed E-state index contributed by atoms with van der Waals surface area (Å²) in [7, 11) is 1.71. The summed E-state index contributed by atoms with van der Waals surface area (Å²) in [6.45, 7) is 1.46. The number of benzene rings is 1. The number of halogens is 1. The second kappa shape index (κ2) is 6.87. The molecule has 0 radical (unpaired) electrons. The van der Waals surface area contributed by atoms with E-state index in [2.05, 4.69) is 29.4 Å². The lowest BCUT2D eigenvalue weighted by Gasteiger charge is -2.23. The van der Waals surface area contributed by atoms with E-state index in [-0.39, 0.29) is 0 Å². The first-order chi connectivity index (χ1) is 9.24. The van der Waals surface area contributed by atoms with Gasteiger partial charge in [0.2, 0.25) is 0 Å². The lowest BCUT2D eigenvalue weighted by Crippen LogP contribution is -2.25. The van der Waals surface area contributed by atoms with E-state index in [4.69, 9.17) is 16.3 Å². The number of aliphatic imine (C=N–C) groups is 1. The van der Waals surface area contributed by atoms with Gasteiger partial charge < -0.3 is 9.64 Å². The standard InChI is InChI=1S/C14H17ClN2OS/c1-18-13-9-12(19-2)4-3-11(13)6-8-17-10-16-7-5-14(17)15/h3-5,7,9H,6,8,10H2,1-2H3.